The first-order valence-electron chi connectivity index (χ1n) is 10.7. The molecular weight excluding hydrogens is 376 g/mol. The average Bonchev–Trinajstić information content (AvgIpc) is 2.75. The van der Waals surface area contributed by atoms with E-state index in [-0.39, 0.29) is 29.9 Å². The Balaban J connectivity index is 1.83. The Bertz CT molecular complexity index is 918. The smallest absolute Gasteiger partial charge is 0.265 e. The molecule has 5 nitrogen and oxygen atoms in total. The summed E-state index contributed by atoms with van der Waals surface area (Å²) in [4.78, 5) is 26.7. The van der Waals surface area contributed by atoms with Crippen molar-refractivity contribution in [3.05, 3.63) is 59.2 Å². The quantitative estimate of drug-likeness (QED) is 0.714. The fraction of sp³-hybridized carbons (Fsp3) is 0.440. The summed E-state index contributed by atoms with van der Waals surface area (Å²) < 4.78 is 5.66. The van der Waals surface area contributed by atoms with Crippen LogP contribution in [0.3, 0.4) is 0 Å². The van der Waals surface area contributed by atoms with Crippen LogP contribution in [0, 0.1) is 0 Å². The van der Waals surface area contributed by atoms with Crippen molar-refractivity contribution in [3.63, 3.8) is 0 Å². The Morgan fingerprint density at radius 3 is 2.50 bits per heavy atom. The van der Waals surface area contributed by atoms with Gasteiger partial charge in [-0.2, -0.15) is 0 Å². The van der Waals surface area contributed by atoms with Crippen LogP contribution in [0.25, 0.3) is 0 Å². The van der Waals surface area contributed by atoms with Gasteiger partial charge >= 0.3 is 0 Å². The van der Waals surface area contributed by atoms with Gasteiger partial charge in [0.2, 0.25) is 0 Å². The highest BCUT2D eigenvalue weighted by Gasteiger charge is 2.28. The maximum Gasteiger partial charge on any atom is 0.265 e. The van der Waals surface area contributed by atoms with E-state index in [0.717, 1.165) is 29.8 Å². The van der Waals surface area contributed by atoms with E-state index in [2.05, 4.69) is 38.2 Å². The van der Waals surface area contributed by atoms with Crippen molar-refractivity contribution in [1.29, 1.82) is 0 Å². The molecule has 30 heavy (non-hydrogen) atoms. The summed E-state index contributed by atoms with van der Waals surface area (Å²) in [7, 11) is 0. The lowest BCUT2D eigenvalue weighted by molar-refractivity contribution is -0.121. The number of hydrogen-bond acceptors (Lipinski definition) is 3. The second-order valence-corrected chi connectivity index (χ2v) is 8.67. The molecule has 5 heteroatoms. The topological polar surface area (TPSA) is 58.6 Å². The number of hydrogen-bond donors (Lipinski definition) is 1. The molecule has 0 radical (unpaired) electrons. The van der Waals surface area contributed by atoms with Crippen molar-refractivity contribution in [2.75, 3.05) is 11.5 Å². The number of nitrogens with zero attached hydrogens (tertiary/aromatic N) is 1. The van der Waals surface area contributed by atoms with Gasteiger partial charge in [0.15, 0.2) is 6.61 Å². The molecule has 0 fully saturated rings. The molecule has 0 spiro atoms. The largest absolute Gasteiger partial charge is 0.482 e. The van der Waals surface area contributed by atoms with Gasteiger partial charge in [-0.25, -0.2) is 0 Å². The molecule has 0 aromatic heterocycles. The molecule has 0 aliphatic carbocycles. The van der Waals surface area contributed by atoms with Crippen LogP contribution in [-0.2, 0) is 16.8 Å². The molecule has 2 aromatic carbocycles. The number of amides is 2. The zero-order valence-corrected chi connectivity index (χ0v) is 18.6. The summed E-state index contributed by atoms with van der Waals surface area (Å²) >= 11 is 0. The maximum atomic E-state index is 12.7. The molecule has 0 unspecified atom stereocenters. The van der Waals surface area contributed by atoms with Crippen molar-refractivity contribution in [2.45, 2.75) is 65.5 Å². The molecule has 2 amide bonds. The van der Waals surface area contributed by atoms with Gasteiger partial charge in [0.1, 0.15) is 5.75 Å². The van der Waals surface area contributed by atoms with Gasteiger partial charge in [-0.15, -0.1) is 0 Å². The number of fused-ring (bicyclic) bond motifs is 1. The first-order chi connectivity index (χ1) is 14.2. The van der Waals surface area contributed by atoms with E-state index < -0.39 is 0 Å². The lowest BCUT2D eigenvalue weighted by atomic mass is 9.82. The van der Waals surface area contributed by atoms with Gasteiger partial charge in [0.25, 0.3) is 11.8 Å². The van der Waals surface area contributed by atoms with E-state index in [1.165, 1.54) is 5.56 Å². The fourth-order valence-electron chi connectivity index (χ4n) is 3.35. The van der Waals surface area contributed by atoms with E-state index >= 15 is 0 Å². The summed E-state index contributed by atoms with van der Waals surface area (Å²) in [5.41, 5.74) is 3.61. The number of rotatable bonds is 7. The number of carbonyl (C=O) groups is 2. The normalized spacial score (nSPS) is 14.7. The predicted molar refractivity (Wildman–Crippen MR) is 120 cm³/mol. The van der Waals surface area contributed by atoms with Gasteiger partial charge in [-0.3, -0.25) is 9.59 Å². The van der Waals surface area contributed by atoms with Gasteiger partial charge in [0, 0.05) is 11.6 Å². The Morgan fingerprint density at radius 2 is 1.87 bits per heavy atom. The van der Waals surface area contributed by atoms with E-state index in [1.54, 1.807) is 4.90 Å². The maximum absolute atomic E-state index is 12.7. The van der Waals surface area contributed by atoms with Gasteiger partial charge in [-0.1, -0.05) is 45.9 Å². The Hall–Kier alpha value is -2.82. The average molecular weight is 409 g/mol. The molecule has 1 aliphatic rings. The van der Waals surface area contributed by atoms with Crippen LogP contribution in [0.2, 0.25) is 0 Å². The van der Waals surface area contributed by atoms with E-state index in [4.69, 9.17) is 4.74 Å². The third-order valence-corrected chi connectivity index (χ3v) is 6.11. The van der Waals surface area contributed by atoms with Crippen molar-refractivity contribution >= 4 is 17.5 Å². The predicted octanol–water partition coefficient (Wildman–Crippen LogP) is 4.83. The van der Waals surface area contributed by atoms with Crippen LogP contribution >= 0.6 is 0 Å². The summed E-state index contributed by atoms with van der Waals surface area (Å²) in [5.74, 6) is 0.595. The first-order valence-corrected chi connectivity index (χ1v) is 10.7. The van der Waals surface area contributed by atoms with Gasteiger partial charge in [0.05, 0.1) is 12.2 Å². The van der Waals surface area contributed by atoms with Gasteiger partial charge in [-0.05, 0) is 60.6 Å². The van der Waals surface area contributed by atoms with Crippen molar-refractivity contribution in [3.8, 4) is 5.75 Å². The van der Waals surface area contributed by atoms with Crippen molar-refractivity contribution in [2.24, 2.45) is 0 Å². The lowest BCUT2D eigenvalue weighted by Crippen LogP contribution is -2.38. The van der Waals surface area contributed by atoms with E-state index in [0.29, 0.717) is 12.1 Å². The highest BCUT2D eigenvalue weighted by Crippen LogP contribution is 2.38. The molecule has 3 rings (SSSR count). The zero-order valence-electron chi connectivity index (χ0n) is 18.6. The number of carbonyl (C=O) groups excluding carboxylic acids is 2. The molecule has 0 bridgehead atoms. The Kier molecular flexibility index (Phi) is 6.49. The molecule has 1 heterocycles. The van der Waals surface area contributed by atoms with Crippen LogP contribution < -0.4 is 15.0 Å². The lowest BCUT2D eigenvalue weighted by Gasteiger charge is -2.32. The molecule has 1 atom stereocenters. The molecular formula is C25H32N2O3. The summed E-state index contributed by atoms with van der Waals surface area (Å²) in [6, 6.07) is 13.7. The minimum atomic E-state index is -0.0740. The number of anilines is 1. The third-order valence-electron chi connectivity index (χ3n) is 6.11. The highest BCUT2D eigenvalue weighted by atomic mass is 16.5. The molecule has 0 saturated heterocycles. The number of ether oxygens (including phenoxy) is 1. The standard InChI is InChI=1S/C25H32N2O3/c1-6-17(3)26-24(29)19-10-8-18(9-11-19)15-27-21-14-20(25(4,5)7-2)12-13-22(21)30-16-23(27)28/h8-14,17H,6-7,15-16H2,1-5H3,(H,26,29)/t17-/m1/s1. The minimum absolute atomic E-state index is 0.0197. The molecule has 160 valence electrons. The third kappa shape index (κ3) is 4.66. The number of nitrogens with one attached hydrogen (secondary N) is 1. The second-order valence-electron chi connectivity index (χ2n) is 8.67. The van der Waals surface area contributed by atoms with Crippen molar-refractivity contribution in [1.82, 2.24) is 5.32 Å². The molecule has 1 aliphatic heterocycles. The summed E-state index contributed by atoms with van der Waals surface area (Å²) in [5, 5.41) is 2.97. The van der Waals surface area contributed by atoms with Crippen LogP contribution in [0.1, 0.15) is 68.9 Å². The van der Waals surface area contributed by atoms with Crippen LogP contribution in [-0.4, -0.2) is 24.5 Å². The highest BCUT2D eigenvalue weighted by molar-refractivity contribution is 5.98. The first kappa shape index (κ1) is 21.9. The molecule has 0 saturated carbocycles. The van der Waals surface area contributed by atoms with Crippen LogP contribution in [0.5, 0.6) is 5.75 Å². The number of benzene rings is 2. The Morgan fingerprint density at radius 1 is 1.17 bits per heavy atom. The SMILES string of the molecule is CC[C@@H](C)NC(=O)c1ccc(CN2C(=O)COc3ccc(C(C)(C)CC)cc32)cc1. The Labute approximate surface area is 179 Å². The van der Waals surface area contributed by atoms with Crippen molar-refractivity contribution < 1.29 is 14.3 Å². The van der Waals surface area contributed by atoms with Crippen LogP contribution in [0.4, 0.5) is 5.69 Å². The van der Waals surface area contributed by atoms with Gasteiger partial charge < -0.3 is 15.0 Å². The molecule has 1 N–H and O–H groups in total. The zero-order chi connectivity index (χ0) is 21.9. The van der Waals surface area contributed by atoms with E-state index in [1.807, 2.05) is 44.2 Å². The fourth-order valence-corrected chi connectivity index (χ4v) is 3.35. The second kappa shape index (κ2) is 8.90. The molecule has 2 aromatic rings. The summed E-state index contributed by atoms with van der Waals surface area (Å²) in [6.07, 6.45) is 1.89. The van der Waals surface area contributed by atoms with Crippen LogP contribution in [0.15, 0.2) is 42.5 Å². The minimum Gasteiger partial charge on any atom is -0.482 e. The monoisotopic (exact) mass is 408 g/mol. The summed E-state index contributed by atoms with van der Waals surface area (Å²) in [6.45, 7) is 11.1. The van der Waals surface area contributed by atoms with E-state index in [9.17, 15) is 9.59 Å².